The molecule has 102 valence electrons. The third kappa shape index (κ3) is 2.12. The minimum absolute atomic E-state index is 0.213. The molecule has 0 saturated heterocycles. The molecule has 2 aromatic heterocycles. The van der Waals surface area contributed by atoms with Crippen LogP contribution in [0.5, 0.6) is 5.88 Å². The first kappa shape index (κ1) is 12.9. The van der Waals surface area contributed by atoms with Gasteiger partial charge in [0.25, 0.3) is 0 Å². The van der Waals surface area contributed by atoms with Gasteiger partial charge >= 0.3 is 0 Å². The second kappa shape index (κ2) is 5.13. The van der Waals surface area contributed by atoms with Crippen LogP contribution in [0.1, 0.15) is 18.1 Å². The molecule has 0 spiro atoms. The van der Waals surface area contributed by atoms with Crippen LogP contribution in [0.2, 0.25) is 0 Å². The number of ether oxygens (including phenoxy) is 1. The molecule has 0 radical (unpaired) electrons. The molecule has 0 N–H and O–H groups in total. The van der Waals surface area contributed by atoms with Crippen molar-refractivity contribution in [3.63, 3.8) is 0 Å². The van der Waals surface area contributed by atoms with Crippen LogP contribution in [-0.2, 0) is 0 Å². The zero-order valence-electron chi connectivity index (χ0n) is 11.2. The number of alkyl halides is 1. The molecule has 0 bridgehead atoms. The lowest BCUT2D eigenvalue weighted by atomic mass is 10.3. The number of pyridine rings is 1. The van der Waals surface area contributed by atoms with Crippen LogP contribution in [0, 0.1) is 0 Å². The summed E-state index contributed by atoms with van der Waals surface area (Å²) in [5.41, 5.74) is 2.54. The van der Waals surface area contributed by atoms with E-state index >= 15 is 0 Å². The number of hydrogen-bond donors (Lipinski definition) is 0. The van der Waals surface area contributed by atoms with E-state index < -0.39 is 0 Å². The van der Waals surface area contributed by atoms with Crippen LogP contribution in [0.15, 0.2) is 42.5 Å². The Balaban J connectivity index is 2.33. The topological polar surface area (TPSA) is 39.9 Å². The normalized spacial score (nSPS) is 12.6. The minimum Gasteiger partial charge on any atom is -0.481 e. The van der Waals surface area contributed by atoms with E-state index in [-0.39, 0.29) is 5.38 Å². The van der Waals surface area contributed by atoms with Gasteiger partial charge in [0.15, 0.2) is 5.65 Å². The molecule has 0 aliphatic rings. The largest absolute Gasteiger partial charge is 0.481 e. The lowest BCUT2D eigenvalue weighted by molar-refractivity contribution is 0.399. The van der Waals surface area contributed by atoms with Crippen molar-refractivity contribution >= 4 is 22.8 Å². The van der Waals surface area contributed by atoms with Crippen molar-refractivity contribution in [1.29, 1.82) is 0 Å². The van der Waals surface area contributed by atoms with E-state index in [1.165, 1.54) is 0 Å². The first-order valence-corrected chi connectivity index (χ1v) is 6.77. The number of para-hydroxylation sites is 1. The number of benzene rings is 1. The van der Waals surface area contributed by atoms with Crippen LogP contribution in [0.3, 0.4) is 0 Å². The summed E-state index contributed by atoms with van der Waals surface area (Å²) in [6.45, 7) is 1.90. The van der Waals surface area contributed by atoms with Gasteiger partial charge in [-0.2, -0.15) is 4.98 Å². The molecule has 0 aliphatic carbocycles. The Kier molecular flexibility index (Phi) is 3.32. The molecule has 20 heavy (non-hydrogen) atoms. The highest BCUT2D eigenvalue weighted by atomic mass is 35.5. The highest BCUT2D eigenvalue weighted by Gasteiger charge is 2.17. The quantitative estimate of drug-likeness (QED) is 0.689. The molecule has 1 atom stereocenters. The number of halogens is 1. The average molecular weight is 288 g/mol. The standard InChI is InChI=1S/C15H14ClN3O/c1-10(16)14-17-12-8-9-13(20-2)18-15(12)19(14)11-6-4-3-5-7-11/h3-10H,1-2H3. The first-order valence-electron chi connectivity index (χ1n) is 6.33. The maximum absolute atomic E-state index is 6.26. The molecule has 0 saturated carbocycles. The maximum Gasteiger partial charge on any atom is 0.215 e. The molecule has 1 unspecified atom stereocenters. The molecule has 3 rings (SSSR count). The highest BCUT2D eigenvalue weighted by Crippen LogP contribution is 2.28. The number of fused-ring (bicyclic) bond motifs is 1. The fraction of sp³-hybridized carbons (Fsp3) is 0.200. The predicted molar refractivity (Wildman–Crippen MR) is 79.7 cm³/mol. The monoisotopic (exact) mass is 287 g/mol. The first-order chi connectivity index (χ1) is 9.70. The van der Waals surface area contributed by atoms with Crippen molar-refractivity contribution in [2.24, 2.45) is 0 Å². The summed E-state index contributed by atoms with van der Waals surface area (Å²) in [6, 6.07) is 13.6. The van der Waals surface area contributed by atoms with Crippen molar-refractivity contribution in [2.45, 2.75) is 12.3 Å². The van der Waals surface area contributed by atoms with Gasteiger partial charge in [0.1, 0.15) is 11.3 Å². The van der Waals surface area contributed by atoms with Crippen molar-refractivity contribution in [2.75, 3.05) is 7.11 Å². The SMILES string of the molecule is COc1ccc2nc(C(C)Cl)n(-c3ccccc3)c2n1. The average Bonchev–Trinajstić information content (AvgIpc) is 2.86. The summed E-state index contributed by atoms with van der Waals surface area (Å²) >= 11 is 6.26. The smallest absolute Gasteiger partial charge is 0.215 e. The minimum atomic E-state index is -0.213. The van der Waals surface area contributed by atoms with Gasteiger partial charge in [-0.3, -0.25) is 4.57 Å². The highest BCUT2D eigenvalue weighted by molar-refractivity contribution is 6.20. The summed E-state index contributed by atoms with van der Waals surface area (Å²) in [5, 5.41) is -0.213. The summed E-state index contributed by atoms with van der Waals surface area (Å²) in [5.74, 6) is 1.33. The maximum atomic E-state index is 6.26. The second-order valence-corrected chi connectivity index (χ2v) is 5.11. The van der Waals surface area contributed by atoms with Gasteiger partial charge < -0.3 is 4.74 Å². The summed E-state index contributed by atoms with van der Waals surface area (Å²) < 4.78 is 7.17. The number of hydrogen-bond acceptors (Lipinski definition) is 3. The Morgan fingerprint density at radius 1 is 1.10 bits per heavy atom. The molecule has 0 aliphatic heterocycles. The Hall–Kier alpha value is -2.07. The van der Waals surface area contributed by atoms with Gasteiger partial charge in [-0.05, 0) is 25.1 Å². The third-order valence-electron chi connectivity index (χ3n) is 3.08. The molecule has 0 amide bonds. The Morgan fingerprint density at radius 2 is 1.85 bits per heavy atom. The van der Waals surface area contributed by atoms with E-state index in [1.54, 1.807) is 13.2 Å². The molecule has 0 fully saturated rings. The van der Waals surface area contributed by atoms with Crippen LogP contribution in [0.25, 0.3) is 16.9 Å². The van der Waals surface area contributed by atoms with Gasteiger partial charge in [0.2, 0.25) is 5.88 Å². The molecular formula is C15H14ClN3O. The molecule has 3 aromatic rings. The molecule has 2 heterocycles. The fourth-order valence-electron chi connectivity index (χ4n) is 2.17. The second-order valence-electron chi connectivity index (χ2n) is 4.45. The fourth-order valence-corrected chi connectivity index (χ4v) is 2.32. The van der Waals surface area contributed by atoms with E-state index in [4.69, 9.17) is 16.3 Å². The molecule has 5 heteroatoms. The van der Waals surface area contributed by atoms with Crippen molar-refractivity contribution in [3.8, 4) is 11.6 Å². The van der Waals surface area contributed by atoms with E-state index in [0.29, 0.717) is 5.88 Å². The van der Waals surface area contributed by atoms with E-state index in [9.17, 15) is 0 Å². The van der Waals surface area contributed by atoms with Crippen molar-refractivity contribution < 1.29 is 4.74 Å². The van der Waals surface area contributed by atoms with Crippen LogP contribution < -0.4 is 4.74 Å². The number of aromatic nitrogens is 3. The Morgan fingerprint density at radius 3 is 2.50 bits per heavy atom. The lowest BCUT2D eigenvalue weighted by Gasteiger charge is -2.10. The van der Waals surface area contributed by atoms with E-state index in [0.717, 1.165) is 22.7 Å². The van der Waals surface area contributed by atoms with Crippen LogP contribution in [-0.4, -0.2) is 21.6 Å². The summed E-state index contributed by atoms with van der Waals surface area (Å²) in [7, 11) is 1.60. The zero-order valence-corrected chi connectivity index (χ0v) is 12.0. The number of nitrogens with zero attached hydrogens (tertiary/aromatic N) is 3. The zero-order chi connectivity index (χ0) is 14.1. The van der Waals surface area contributed by atoms with Crippen LogP contribution >= 0.6 is 11.6 Å². The number of methoxy groups -OCH3 is 1. The number of imidazole rings is 1. The Labute approximate surface area is 122 Å². The predicted octanol–water partition coefficient (Wildman–Crippen LogP) is 3.73. The molecular weight excluding hydrogens is 274 g/mol. The van der Waals surface area contributed by atoms with Crippen molar-refractivity contribution in [1.82, 2.24) is 14.5 Å². The van der Waals surface area contributed by atoms with Crippen LogP contribution in [0.4, 0.5) is 0 Å². The van der Waals surface area contributed by atoms with Gasteiger partial charge in [0.05, 0.1) is 12.5 Å². The molecule has 4 nitrogen and oxygen atoms in total. The van der Waals surface area contributed by atoms with Gasteiger partial charge in [0, 0.05) is 11.8 Å². The Bertz CT molecular complexity index is 737. The van der Waals surface area contributed by atoms with Gasteiger partial charge in [-0.25, -0.2) is 4.98 Å². The number of rotatable bonds is 3. The van der Waals surface area contributed by atoms with Gasteiger partial charge in [-0.1, -0.05) is 18.2 Å². The summed E-state index contributed by atoms with van der Waals surface area (Å²) in [6.07, 6.45) is 0. The lowest BCUT2D eigenvalue weighted by Crippen LogP contribution is -2.02. The van der Waals surface area contributed by atoms with E-state index in [2.05, 4.69) is 9.97 Å². The summed E-state index contributed by atoms with van der Waals surface area (Å²) in [4.78, 5) is 9.07. The van der Waals surface area contributed by atoms with E-state index in [1.807, 2.05) is 47.9 Å². The third-order valence-corrected chi connectivity index (χ3v) is 3.28. The van der Waals surface area contributed by atoms with Gasteiger partial charge in [-0.15, -0.1) is 11.6 Å². The van der Waals surface area contributed by atoms with Crippen molar-refractivity contribution in [3.05, 3.63) is 48.3 Å². The molecule has 1 aromatic carbocycles.